The molecular formula is C12H16F3NO. The van der Waals surface area contributed by atoms with Gasteiger partial charge in [0, 0.05) is 18.3 Å². The fraction of sp³-hybridized carbons (Fsp3) is 0.583. The second-order valence-electron chi connectivity index (χ2n) is 4.52. The normalized spacial score (nSPS) is 14.1. The van der Waals surface area contributed by atoms with Gasteiger partial charge in [-0.25, -0.2) is 0 Å². The third kappa shape index (κ3) is 4.73. The molecule has 1 rings (SSSR count). The Labute approximate surface area is 98.5 Å². The minimum atomic E-state index is -4.36. The summed E-state index contributed by atoms with van der Waals surface area (Å²) in [7, 11) is 0. The number of hydrogen-bond acceptors (Lipinski definition) is 2. The molecule has 0 aliphatic carbocycles. The number of aliphatic hydroxyl groups excluding tert-OH is 1. The Morgan fingerprint density at radius 1 is 1.35 bits per heavy atom. The van der Waals surface area contributed by atoms with Gasteiger partial charge in [-0.05, 0) is 24.5 Å². The highest BCUT2D eigenvalue weighted by atomic mass is 19.4. The zero-order valence-corrected chi connectivity index (χ0v) is 9.83. The maximum Gasteiger partial charge on any atom is 0.416 e. The van der Waals surface area contributed by atoms with Gasteiger partial charge in [-0.15, -0.1) is 0 Å². The molecule has 0 aromatic carbocycles. The van der Waals surface area contributed by atoms with Crippen molar-refractivity contribution in [2.24, 2.45) is 5.92 Å². The maximum absolute atomic E-state index is 12.4. The molecule has 96 valence electrons. The molecule has 1 unspecified atom stereocenters. The number of hydrogen-bond donors (Lipinski definition) is 1. The Morgan fingerprint density at radius 2 is 2.00 bits per heavy atom. The highest BCUT2D eigenvalue weighted by Gasteiger charge is 2.30. The van der Waals surface area contributed by atoms with Crippen LogP contribution in [-0.2, 0) is 12.6 Å². The van der Waals surface area contributed by atoms with Gasteiger partial charge in [0.05, 0.1) is 11.7 Å². The highest BCUT2D eigenvalue weighted by Crippen LogP contribution is 2.29. The van der Waals surface area contributed by atoms with Crippen LogP contribution in [0.3, 0.4) is 0 Å². The summed E-state index contributed by atoms with van der Waals surface area (Å²) in [4.78, 5) is 3.84. The van der Waals surface area contributed by atoms with E-state index in [4.69, 9.17) is 0 Å². The van der Waals surface area contributed by atoms with Crippen LogP contribution in [0.25, 0.3) is 0 Å². The number of aromatic nitrogens is 1. The summed E-state index contributed by atoms with van der Waals surface area (Å²) in [5.74, 6) is 0.302. The van der Waals surface area contributed by atoms with Crippen LogP contribution >= 0.6 is 0 Å². The lowest BCUT2D eigenvalue weighted by atomic mass is 10.0. The van der Waals surface area contributed by atoms with Crippen LogP contribution in [0.1, 0.15) is 31.5 Å². The number of nitrogens with zero attached hydrogens (tertiary/aromatic N) is 1. The first-order valence-corrected chi connectivity index (χ1v) is 5.49. The number of alkyl halides is 3. The molecule has 1 N–H and O–H groups in total. The van der Waals surface area contributed by atoms with Crippen LogP contribution in [0.2, 0.25) is 0 Å². The van der Waals surface area contributed by atoms with Crippen molar-refractivity contribution in [2.75, 3.05) is 0 Å². The van der Waals surface area contributed by atoms with E-state index in [1.807, 2.05) is 13.8 Å². The average molecular weight is 247 g/mol. The first-order chi connectivity index (χ1) is 7.79. The zero-order chi connectivity index (χ0) is 13.1. The van der Waals surface area contributed by atoms with Gasteiger partial charge >= 0.3 is 6.18 Å². The van der Waals surface area contributed by atoms with Crippen molar-refractivity contribution in [3.05, 3.63) is 29.6 Å². The molecule has 0 aliphatic rings. The van der Waals surface area contributed by atoms with E-state index >= 15 is 0 Å². The Kier molecular flexibility index (Phi) is 4.51. The minimum Gasteiger partial charge on any atom is -0.393 e. The predicted molar refractivity (Wildman–Crippen MR) is 58.4 cm³/mol. The summed E-state index contributed by atoms with van der Waals surface area (Å²) >= 11 is 0. The van der Waals surface area contributed by atoms with Crippen LogP contribution in [0.15, 0.2) is 18.3 Å². The lowest BCUT2D eigenvalue weighted by Gasteiger charge is -2.13. The van der Waals surface area contributed by atoms with Crippen LogP contribution < -0.4 is 0 Å². The first-order valence-electron chi connectivity index (χ1n) is 5.49. The van der Waals surface area contributed by atoms with Crippen LogP contribution in [0, 0.1) is 5.92 Å². The van der Waals surface area contributed by atoms with Gasteiger partial charge in [0.1, 0.15) is 0 Å². The van der Waals surface area contributed by atoms with Gasteiger partial charge in [-0.2, -0.15) is 13.2 Å². The zero-order valence-electron chi connectivity index (χ0n) is 9.83. The maximum atomic E-state index is 12.4. The third-order valence-electron chi connectivity index (χ3n) is 2.33. The molecule has 5 heteroatoms. The topological polar surface area (TPSA) is 33.1 Å². The van der Waals surface area contributed by atoms with E-state index in [9.17, 15) is 18.3 Å². The molecule has 2 nitrogen and oxygen atoms in total. The Balaban J connectivity index is 2.72. The van der Waals surface area contributed by atoms with E-state index in [1.165, 1.54) is 0 Å². The average Bonchev–Trinajstić information content (AvgIpc) is 2.15. The van der Waals surface area contributed by atoms with Gasteiger partial charge < -0.3 is 5.11 Å². The summed E-state index contributed by atoms with van der Waals surface area (Å²) in [5, 5.41) is 9.65. The molecule has 1 aromatic heterocycles. The van der Waals surface area contributed by atoms with E-state index in [0.29, 0.717) is 12.3 Å². The molecule has 1 aromatic rings. The molecule has 1 heterocycles. The standard InChI is InChI=1S/C12H16F3NO/c1-8(2)5-11(17)7-10-6-9(3-4-16-10)12(13,14)15/h3-4,6,8,11,17H,5,7H2,1-2H3. The summed E-state index contributed by atoms with van der Waals surface area (Å²) in [6.07, 6.45) is -3.17. The highest BCUT2D eigenvalue weighted by molar-refractivity contribution is 5.19. The van der Waals surface area contributed by atoms with Gasteiger partial charge in [0.15, 0.2) is 0 Å². The summed E-state index contributed by atoms with van der Waals surface area (Å²) < 4.78 is 37.3. The summed E-state index contributed by atoms with van der Waals surface area (Å²) in [5.41, 5.74) is -0.452. The summed E-state index contributed by atoms with van der Waals surface area (Å²) in [6.45, 7) is 3.89. The predicted octanol–water partition coefficient (Wildman–Crippen LogP) is 3.05. The van der Waals surface area contributed by atoms with E-state index < -0.39 is 17.8 Å². The molecule has 0 fully saturated rings. The van der Waals surface area contributed by atoms with Crippen molar-refractivity contribution in [1.82, 2.24) is 4.98 Å². The van der Waals surface area contributed by atoms with Crippen molar-refractivity contribution < 1.29 is 18.3 Å². The lowest BCUT2D eigenvalue weighted by molar-refractivity contribution is -0.137. The van der Waals surface area contributed by atoms with E-state index in [2.05, 4.69) is 4.98 Å². The number of pyridine rings is 1. The van der Waals surface area contributed by atoms with E-state index in [0.717, 1.165) is 18.3 Å². The Hall–Kier alpha value is -1.10. The van der Waals surface area contributed by atoms with Crippen molar-refractivity contribution in [2.45, 2.75) is 39.0 Å². The molecule has 0 radical (unpaired) electrons. The molecule has 0 bridgehead atoms. The number of halogens is 3. The van der Waals surface area contributed by atoms with Gasteiger partial charge in [-0.3, -0.25) is 4.98 Å². The van der Waals surface area contributed by atoms with E-state index in [-0.39, 0.29) is 12.1 Å². The SMILES string of the molecule is CC(C)CC(O)Cc1cc(C(F)(F)F)ccn1. The second-order valence-corrected chi connectivity index (χ2v) is 4.52. The van der Waals surface area contributed by atoms with Gasteiger partial charge in [0.25, 0.3) is 0 Å². The fourth-order valence-electron chi connectivity index (χ4n) is 1.64. The van der Waals surface area contributed by atoms with Crippen molar-refractivity contribution in [3.63, 3.8) is 0 Å². The molecule has 17 heavy (non-hydrogen) atoms. The molecule has 0 saturated heterocycles. The summed E-state index contributed by atoms with van der Waals surface area (Å²) in [6, 6.07) is 1.92. The quantitative estimate of drug-likeness (QED) is 0.887. The van der Waals surface area contributed by atoms with Crippen molar-refractivity contribution in [3.8, 4) is 0 Å². The third-order valence-corrected chi connectivity index (χ3v) is 2.33. The smallest absolute Gasteiger partial charge is 0.393 e. The Morgan fingerprint density at radius 3 is 2.53 bits per heavy atom. The lowest BCUT2D eigenvalue weighted by Crippen LogP contribution is -2.15. The largest absolute Gasteiger partial charge is 0.416 e. The van der Waals surface area contributed by atoms with Gasteiger partial charge in [0.2, 0.25) is 0 Å². The molecule has 0 aliphatic heterocycles. The molecular weight excluding hydrogens is 231 g/mol. The monoisotopic (exact) mass is 247 g/mol. The molecule has 0 amide bonds. The first kappa shape index (κ1) is 14.0. The molecule has 0 spiro atoms. The van der Waals surface area contributed by atoms with Crippen molar-refractivity contribution >= 4 is 0 Å². The fourth-order valence-corrected chi connectivity index (χ4v) is 1.64. The number of aliphatic hydroxyl groups is 1. The van der Waals surface area contributed by atoms with Gasteiger partial charge in [-0.1, -0.05) is 13.8 Å². The van der Waals surface area contributed by atoms with Crippen LogP contribution in [0.4, 0.5) is 13.2 Å². The molecule has 1 atom stereocenters. The van der Waals surface area contributed by atoms with E-state index in [1.54, 1.807) is 0 Å². The van der Waals surface area contributed by atoms with Crippen molar-refractivity contribution in [1.29, 1.82) is 0 Å². The Bertz CT molecular complexity index is 363. The minimum absolute atomic E-state index is 0.155. The van der Waals surface area contributed by atoms with Crippen LogP contribution in [0.5, 0.6) is 0 Å². The molecule has 0 saturated carbocycles. The van der Waals surface area contributed by atoms with Crippen LogP contribution in [-0.4, -0.2) is 16.2 Å². The number of rotatable bonds is 4. The second kappa shape index (κ2) is 5.49.